The topological polar surface area (TPSA) is 87.6 Å². The molecule has 3 unspecified atom stereocenters. The smallest absolute Gasteiger partial charge is 0.313 e. The van der Waals surface area contributed by atoms with Crippen molar-refractivity contribution in [3.05, 3.63) is 11.8 Å². The average molecular weight is 782 g/mol. The number of hydrogen-bond acceptors (Lipinski definition) is 8. The van der Waals surface area contributed by atoms with Crippen molar-refractivity contribution >= 4 is 40.8 Å². The summed E-state index contributed by atoms with van der Waals surface area (Å²) >= 11 is 6.95. The van der Waals surface area contributed by atoms with Crippen molar-refractivity contribution in [2.75, 3.05) is 26.7 Å². The number of carbonyl (C=O) groups excluding carboxylic acids is 2. The summed E-state index contributed by atoms with van der Waals surface area (Å²) in [6, 6.07) is 0. The third-order valence-electron chi connectivity index (χ3n) is 9.30. The van der Waals surface area contributed by atoms with E-state index in [4.69, 9.17) is 25.8 Å². The van der Waals surface area contributed by atoms with Crippen LogP contribution in [0.25, 0.3) is 5.57 Å². The van der Waals surface area contributed by atoms with Crippen LogP contribution in [-0.4, -0.2) is 63.7 Å². The highest BCUT2D eigenvalue weighted by Crippen LogP contribution is 2.33. The Balaban J connectivity index is 0.000000424. The van der Waals surface area contributed by atoms with E-state index in [-0.39, 0.29) is 54.0 Å². The van der Waals surface area contributed by atoms with Crippen LogP contribution >= 0.6 is 23.3 Å². The van der Waals surface area contributed by atoms with Gasteiger partial charge in [-0.15, -0.1) is 4.37 Å². The van der Waals surface area contributed by atoms with Gasteiger partial charge < -0.3 is 38.2 Å². The van der Waals surface area contributed by atoms with Crippen molar-refractivity contribution in [1.82, 2.24) is 8.75 Å². The number of unbranched alkanes of at least 4 members (excludes halogenated alkanes) is 3. The second-order valence-corrected chi connectivity index (χ2v) is 13.9. The van der Waals surface area contributed by atoms with Crippen molar-refractivity contribution in [2.45, 2.75) is 142 Å². The van der Waals surface area contributed by atoms with E-state index in [1.165, 1.54) is 49.4 Å². The normalized spacial score (nSPS) is 22.1. The Bertz CT molecular complexity index is 1030. The van der Waals surface area contributed by atoms with Crippen LogP contribution in [0.15, 0.2) is 6.08 Å². The summed E-state index contributed by atoms with van der Waals surface area (Å²) < 4.78 is 26.8. The standard InChI is InChI=1S/C24H40N3O3S.C10H17ClO2.HI/c1-4-6-7-11-17-29-23-22(25-31-26-23)20-15-12-16-27(3,18-20)21(5-2)30-24(28)19-13-9-8-10-14-19;1-2-9(11)13-10(12)8-6-4-3-5-7-8;/h15,19,21H,4-14,16-18H2,1-3H3;8-9H,2-7H2,1H3;1H/q+1;;/p-1. The number of carbonyl (C=O) groups is 2. The first-order valence-corrected chi connectivity index (χ1v) is 18.5. The van der Waals surface area contributed by atoms with Crippen LogP contribution in [0.5, 0.6) is 5.88 Å². The van der Waals surface area contributed by atoms with Gasteiger partial charge in [-0.05, 0) is 38.5 Å². The molecule has 0 amide bonds. The first kappa shape index (κ1) is 40.2. The van der Waals surface area contributed by atoms with Crippen LogP contribution in [-0.2, 0) is 19.1 Å². The van der Waals surface area contributed by atoms with Gasteiger partial charge in [-0.2, -0.15) is 4.37 Å². The van der Waals surface area contributed by atoms with E-state index in [1.54, 1.807) is 0 Å². The SMILES string of the molecule is CCC(Cl)OC(=O)C1CCCCC1.CCCCCCOc1nsnc1C1=CCC[N+](C)(C(CC)OC(=O)C2CCCCC2)C1.[I-]. The van der Waals surface area contributed by atoms with Crippen LogP contribution in [0.1, 0.15) is 136 Å². The van der Waals surface area contributed by atoms with Crippen LogP contribution in [0.3, 0.4) is 0 Å². The lowest BCUT2D eigenvalue weighted by molar-refractivity contribution is -0.947. The van der Waals surface area contributed by atoms with E-state index in [9.17, 15) is 9.59 Å². The minimum absolute atomic E-state index is 0. The van der Waals surface area contributed by atoms with Gasteiger partial charge in [0.2, 0.25) is 6.23 Å². The molecule has 0 aromatic carbocycles. The summed E-state index contributed by atoms with van der Waals surface area (Å²) in [5.41, 5.74) is 1.60. The number of rotatable bonds is 14. The molecule has 11 heteroatoms. The van der Waals surface area contributed by atoms with Gasteiger partial charge in [-0.1, -0.05) is 96.2 Å². The van der Waals surface area contributed by atoms with Crippen LogP contribution in [0.4, 0.5) is 0 Å². The van der Waals surface area contributed by atoms with Crippen molar-refractivity contribution in [3.63, 3.8) is 0 Å². The van der Waals surface area contributed by atoms with E-state index in [2.05, 4.69) is 35.7 Å². The van der Waals surface area contributed by atoms with E-state index >= 15 is 0 Å². The predicted molar refractivity (Wildman–Crippen MR) is 177 cm³/mol. The maximum Gasteiger partial charge on any atom is 0.313 e. The Morgan fingerprint density at radius 1 is 0.911 bits per heavy atom. The zero-order chi connectivity index (χ0) is 31.8. The van der Waals surface area contributed by atoms with Gasteiger partial charge >= 0.3 is 11.9 Å². The summed E-state index contributed by atoms with van der Waals surface area (Å²) in [7, 11) is 2.21. The lowest BCUT2D eigenvalue weighted by Gasteiger charge is -2.42. The number of aromatic nitrogens is 2. The fourth-order valence-electron chi connectivity index (χ4n) is 6.52. The monoisotopic (exact) mass is 781 g/mol. The third-order valence-corrected chi connectivity index (χ3v) is 10.2. The number of nitrogens with zero attached hydrogens (tertiary/aromatic N) is 3. The van der Waals surface area contributed by atoms with Crippen molar-refractivity contribution in [2.24, 2.45) is 11.8 Å². The number of esters is 2. The molecule has 3 atom stereocenters. The van der Waals surface area contributed by atoms with Crippen molar-refractivity contribution < 1.29 is 52.3 Å². The quantitative estimate of drug-likeness (QED) is 0.0790. The Labute approximate surface area is 298 Å². The molecule has 8 nitrogen and oxygen atoms in total. The molecule has 2 heterocycles. The fraction of sp³-hybridized carbons (Fsp3) is 0.824. The number of hydrogen-bond donors (Lipinski definition) is 0. The van der Waals surface area contributed by atoms with Gasteiger partial charge in [0.25, 0.3) is 5.88 Å². The summed E-state index contributed by atoms with van der Waals surface area (Å²) in [4.78, 5) is 24.3. The molecule has 2 fully saturated rings. The van der Waals surface area contributed by atoms with Gasteiger partial charge in [-0.3, -0.25) is 14.1 Å². The summed E-state index contributed by atoms with van der Waals surface area (Å²) in [6.45, 7) is 8.68. The highest BCUT2D eigenvalue weighted by atomic mass is 127. The molecule has 1 aliphatic heterocycles. The molecule has 0 radical (unpaired) electrons. The Morgan fingerprint density at radius 3 is 2.11 bits per heavy atom. The molecule has 0 bridgehead atoms. The molecule has 4 rings (SSSR count). The largest absolute Gasteiger partial charge is 1.00 e. The molecule has 1 aromatic rings. The summed E-state index contributed by atoms with van der Waals surface area (Å²) in [5.74, 6) is 0.773. The van der Waals surface area contributed by atoms with Crippen LogP contribution in [0.2, 0.25) is 0 Å². The summed E-state index contributed by atoms with van der Waals surface area (Å²) in [6.07, 6.45) is 20.3. The molecule has 0 N–H and O–H groups in total. The molecule has 0 spiro atoms. The predicted octanol–water partition coefficient (Wildman–Crippen LogP) is 5.68. The molecule has 258 valence electrons. The number of halogens is 2. The summed E-state index contributed by atoms with van der Waals surface area (Å²) in [5, 5.41) is 0. The van der Waals surface area contributed by atoms with Gasteiger partial charge in [-0.25, -0.2) is 0 Å². The molecule has 3 aliphatic rings. The van der Waals surface area contributed by atoms with Crippen LogP contribution < -0.4 is 28.7 Å². The van der Waals surface area contributed by atoms with E-state index in [0.29, 0.717) is 23.4 Å². The Morgan fingerprint density at radius 2 is 1.53 bits per heavy atom. The number of quaternary nitrogens is 1. The van der Waals surface area contributed by atoms with E-state index in [0.717, 1.165) is 89.4 Å². The number of alkyl halides is 1. The van der Waals surface area contributed by atoms with Gasteiger partial charge in [0.05, 0.1) is 43.8 Å². The minimum Gasteiger partial charge on any atom is -1.00 e. The maximum absolute atomic E-state index is 12.8. The molecular weight excluding hydrogens is 725 g/mol. The fourth-order valence-corrected chi connectivity index (χ4v) is 7.14. The van der Waals surface area contributed by atoms with Gasteiger partial charge in [0, 0.05) is 18.4 Å². The molecule has 0 saturated heterocycles. The third kappa shape index (κ3) is 13.2. The molecule has 1 aromatic heterocycles. The first-order valence-electron chi connectivity index (χ1n) is 17.3. The average Bonchev–Trinajstić information content (AvgIpc) is 3.53. The molecular formula is C34H57ClIN3O5S. The van der Waals surface area contributed by atoms with Crippen LogP contribution in [0, 0.1) is 11.8 Å². The van der Waals surface area contributed by atoms with Crippen molar-refractivity contribution in [1.29, 1.82) is 0 Å². The van der Waals surface area contributed by atoms with Gasteiger partial charge in [0.15, 0.2) is 5.56 Å². The molecule has 45 heavy (non-hydrogen) atoms. The highest BCUT2D eigenvalue weighted by Gasteiger charge is 2.39. The zero-order valence-corrected chi connectivity index (χ0v) is 31.8. The lowest BCUT2D eigenvalue weighted by atomic mass is 9.89. The van der Waals surface area contributed by atoms with E-state index < -0.39 is 5.56 Å². The maximum atomic E-state index is 12.8. The zero-order valence-electron chi connectivity index (χ0n) is 28.1. The number of likely N-dealkylation sites (N-methyl/N-ethyl adjacent to an activating group) is 1. The number of ether oxygens (including phenoxy) is 3. The highest BCUT2D eigenvalue weighted by molar-refractivity contribution is 6.99. The first-order chi connectivity index (χ1) is 21.3. The molecule has 2 saturated carbocycles. The second-order valence-electron chi connectivity index (χ2n) is 12.9. The minimum atomic E-state index is -0.436. The lowest BCUT2D eigenvalue weighted by Crippen LogP contribution is -3.00. The molecule has 2 aliphatic carbocycles. The van der Waals surface area contributed by atoms with Gasteiger partial charge in [0.1, 0.15) is 12.2 Å². The van der Waals surface area contributed by atoms with E-state index in [1.807, 2.05) is 6.92 Å². The van der Waals surface area contributed by atoms with Crippen molar-refractivity contribution in [3.8, 4) is 5.88 Å². The Kier molecular flexibility index (Phi) is 19.5. The Hall–Kier alpha value is -0.980. The second kappa shape index (κ2) is 21.8.